The molecule has 0 aromatic rings. The minimum atomic E-state index is -0.359. The maximum Gasteiger partial charge on any atom is 0.172 e. The highest BCUT2D eigenvalue weighted by molar-refractivity contribution is 5.08. The highest BCUT2D eigenvalue weighted by Crippen LogP contribution is 2.59. The minimum Gasteiger partial charge on any atom is -0.393 e. The van der Waals surface area contributed by atoms with Gasteiger partial charge in [0.25, 0.3) is 0 Å². The summed E-state index contributed by atoms with van der Waals surface area (Å²) in [6.45, 7) is 3.48. The van der Waals surface area contributed by atoms with Crippen molar-refractivity contribution in [1.82, 2.24) is 0 Å². The molecule has 0 bridgehead atoms. The highest BCUT2D eigenvalue weighted by Gasteiger charge is 2.64. The maximum absolute atomic E-state index is 10.4. The summed E-state index contributed by atoms with van der Waals surface area (Å²) in [4.78, 5) is 0. The molecule has 0 amide bonds. The van der Waals surface area contributed by atoms with Gasteiger partial charge in [0.15, 0.2) is 5.79 Å². The van der Waals surface area contributed by atoms with Crippen LogP contribution in [0.5, 0.6) is 0 Å². The summed E-state index contributed by atoms with van der Waals surface area (Å²) in [5.41, 5.74) is 0. The molecule has 3 rings (SSSR count). The average Bonchev–Trinajstić information content (AvgIpc) is 2.94. The van der Waals surface area contributed by atoms with E-state index < -0.39 is 0 Å². The number of fused-ring (bicyclic) bond motifs is 2. The van der Waals surface area contributed by atoms with E-state index >= 15 is 0 Å². The van der Waals surface area contributed by atoms with E-state index in [-0.39, 0.29) is 18.0 Å². The van der Waals surface area contributed by atoms with Crippen molar-refractivity contribution in [3.8, 4) is 0 Å². The van der Waals surface area contributed by atoms with E-state index in [0.717, 1.165) is 38.5 Å². The minimum absolute atomic E-state index is 0.205. The van der Waals surface area contributed by atoms with Crippen molar-refractivity contribution >= 4 is 0 Å². The van der Waals surface area contributed by atoms with Gasteiger partial charge in [-0.05, 0) is 37.5 Å². The zero-order valence-electron chi connectivity index (χ0n) is 11.8. The van der Waals surface area contributed by atoms with Crippen LogP contribution in [0, 0.1) is 17.8 Å². The molecule has 2 aliphatic carbocycles. The lowest BCUT2D eigenvalue weighted by Gasteiger charge is -2.48. The largest absolute Gasteiger partial charge is 0.393 e. The SMILES string of the molecule is CCCC(O)CCC1CC2C(CC23OCCO3)C1O. The third kappa shape index (κ3) is 2.33. The van der Waals surface area contributed by atoms with E-state index in [1.54, 1.807) is 0 Å². The van der Waals surface area contributed by atoms with E-state index in [1.165, 1.54) is 0 Å². The fourth-order valence-electron chi connectivity index (χ4n) is 4.29. The van der Waals surface area contributed by atoms with Gasteiger partial charge in [0, 0.05) is 12.3 Å². The van der Waals surface area contributed by atoms with Gasteiger partial charge >= 0.3 is 0 Å². The lowest BCUT2D eigenvalue weighted by Crippen LogP contribution is -2.54. The standard InChI is InChI=1S/C15H26O4/c1-2-3-11(16)5-4-10-8-13-12(14(10)17)9-15(13)18-6-7-19-15/h10-14,16-17H,2-9H2,1H3. The normalized spacial score (nSPS) is 41.2. The molecule has 2 saturated carbocycles. The van der Waals surface area contributed by atoms with E-state index in [0.29, 0.717) is 31.0 Å². The molecular formula is C15H26O4. The molecular weight excluding hydrogens is 244 g/mol. The van der Waals surface area contributed by atoms with Crippen LogP contribution in [0.4, 0.5) is 0 Å². The summed E-state index contributed by atoms with van der Waals surface area (Å²) < 4.78 is 11.5. The molecule has 2 N–H and O–H groups in total. The van der Waals surface area contributed by atoms with Gasteiger partial charge in [-0.15, -0.1) is 0 Å². The van der Waals surface area contributed by atoms with Crippen LogP contribution in [-0.2, 0) is 9.47 Å². The molecule has 3 aliphatic rings. The van der Waals surface area contributed by atoms with Gasteiger partial charge in [-0.2, -0.15) is 0 Å². The Bertz CT molecular complexity index is 313. The molecule has 0 radical (unpaired) electrons. The first-order valence-electron chi connectivity index (χ1n) is 7.80. The fraction of sp³-hybridized carbons (Fsp3) is 1.00. The Morgan fingerprint density at radius 2 is 2.00 bits per heavy atom. The van der Waals surface area contributed by atoms with Crippen LogP contribution in [0.15, 0.2) is 0 Å². The highest BCUT2D eigenvalue weighted by atomic mass is 16.7. The molecule has 5 atom stereocenters. The van der Waals surface area contributed by atoms with Crippen LogP contribution in [-0.4, -0.2) is 41.4 Å². The topological polar surface area (TPSA) is 58.9 Å². The van der Waals surface area contributed by atoms with Crippen molar-refractivity contribution in [2.24, 2.45) is 17.8 Å². The van der Waals surface area contributed by atoms with Crippen molar-refractivity contribution in [2.45, 2.75) is 63.4 Å². The smallest absolute Gasteiger partial charge is 0.172 e. The second-order valence-electron chi connectivity index (χ2n) is 6.49. The Hall–Kier alpha value is -0.160. The summed E-state index contributed by atoms with van der Waals surface area (Å²) in [5.74, 6) is 0.682. The number of ether oxygens (including phenoxy) is 2. The van der Waals surface area contributed by atoms with Gasteiger partial charge < -0.3 is 19.7 Å². The van der Waals surface area contributed by atoms with Gasteiger partial charge in [0.1, 0.15) is 0 Å². The second-order valence-corrected chi connectivity index (χ2v) is 6.49. The molecule has 19 heavy (non-hydrogen) atoms. The van der Waals surface area contributed by atoms with Crippen LogP contribution in [0.2, 0.25) is 0 Å². The van der Waals surface area contributed by atoms with E-state index in [4.69, 9.17) is 9.47 Å². The molecule has 3 fully saturated rings. The number of aliphatic hydroxyl groups excluding tert-OH is 2. The van der Waals surface area contributed by atoms with E-state index in [1.807, 2.05) is 0 Å². The predicted octanol–water partition coefficient (Wildman–Crippen LogP) is 1.69. The molecule has 1 saturated heterocycles. The van der Waals surface area contributed by atoms with Crippen molar-refractivity contribution in [1.29, 1.82) is 0 Å². The fourth-order valence-corrected chi connectivity index (χ4v) is 4.29. The number of rotatable bonds is 5. The number of aliphatic hydroxyl groups is 2. The summed E-state index contributed by atoms with van der Waals surface area (Å²) in [7, 11) is 0. The first-order chi connectivity index (χ1) is 9.16. The summed E-state index contributed by atoms with van der Waals surface area (Å²) in [6.07, 6.45) is 5.03. The molecule has 4 heteroatoms. The van der Waals surface area contributed by atoms with Gasteiger partial charge in [-0.25, -0.2) is 0 Å². The Kier molecular flexibility index (Phi) is 3.87. The van der Waals surface area contributed by atoms with Crippen LogP contribution < -0.4 is 0 Å². The third-order valence-corrected chi connectivity index (χ3v) is 5.35. The molecule has 0 aromatic heterocycles. The molecule has 1 spiro atoms. The quantitative estimate of drug-likeness (QED) is 0.798. The lowest BCUT2D eigenvalue weighted by atomic mass is 9.69. The second kappa shape index (κ2) is 5.32. The predicted molar refractivity (Wildman–Crippen MR) is 70.5 cm³/mol. The number of hydrogen-bond donors (Lipinski definition) is 2. The summed E-state index contributed by atoms with van der Waals surface area (Å²) >= 11 is 0. The third-order valence-electron chi connectivity index (χ3n) is 5.35. The zero-order valence-corrected chi connectivity index (χ0v) is 11.8. The summed E-state index contributed by atoms with van der Waals surface area (Å²) in [5, 5.41) is 20.2. The molecule has 1 aliphatic heterocycles. The van der Waals surface area contributed by atoms with Crippen LogP contribution in [0.25, 0.3) is 0 Å². The van der Waals surface area contributed by atoms with Crippen LogP contribution in [0.3, 0.4) is 0 Å². The molecule has 5 unspecified atom stereocenters. The van der Waals surface area contributed by atoms with Crippen molar-refractivity contribution < 1.29 is 19.7 Å². The first kappa shape index (κ1) is 13.8. The van der Waals surface area contributed by atoms with Gasteiger partial charge in [0.05, 0.1) is 25.4 Å². The Balaban J connectivity index is 1.52. The van der Waals surface area contributed by atoms with Crippen molar-refractivity contribution in [3.05, 3.63) is 0 Å². The Labute approximate surface area is 115 Å². The molecule has 110 valence electrons. The van der Waals surface area contributed by atoms with Crippen LogP contribution in [0.1, 0.15) is 45.4 Å². The Morgan fingerprint density at radius 3 is 2.68 bits per heavy atom. The van der Waals surface area contributed by atoms with Gasteiger partial charge in [-0.1, -0.05) is 13.3 Å². The van der Waals surface area contributed by atoms with Crippen LogP contribution >= 0.6 is 0 Å². The van der Waals surface area contributed by atoms with Crippen molar-refractivity contribution in [2.75, 3.05) is 13.2 Å². The average molecular weight is 270 g/mol. The maximum atomic E-state index is 10.4. The molecule has 4 nitrogen and oxygen atoms in total. The lowest BCUT2D eigenvalue weighted by molar-refractivity contribution is -0.275. The Morgan fingerprint density at radius 1 is 1.26 bits per heavy atom. The zero-order chi connectivity index (χ0) is 13.5. The first-order valence-corrected chi connectivity index (χ1v) is 7.80. The van der Waals surface area contributed by atoms with E-state index in [9.17, 15) is 10.2 Å². The summed E-state index contributed by atoms with van der Waals surface area (Å²) in [6, 6.07) is 0. The van der Waals surface area contributed by atoms with Gasteiger partial charge in [0.2, 0.25) is 0 Å². The molecule has 1 heterocycles. The number of hydrogen-bond acceptors (Lipinski definition) is 4. The van der Waals surface area contributed by atoms with Crippen molar-refractivity contribution in [3.63, 3.8) is 0 Å². The molecule has 0 aromatic carbocycles. The van der Waals surface area contributed by atoms with E-state index in [2.05, 4.69) is 6.92 Å². The monoisotopic (exact) mass is 270 g/mol. The van der Waals surface area contributed by atoms with Gasteiger partial charge in [-0.3, -0.25) is 0 Å².